The predicted octanol–water partition coefficient (Wildman–Crippen LogP) is 0.207. The van der Waals surface area contributed by atoms with Crippen molar-refractivity contribution in [1.29, 1.82) is 0 Å². The van der Waals surface area contributed by atoms with Gasteiger partial charge in [-0.3, -0.25) is 9.63 Å². The van der Waals surface area contributed by atoms with E-state index in [1.165, 1.54) is 0 Å². The van der Waals surface area contributed by atoms with Crippen molar-refractivity contribution in [2.75, 3.05) is 6.61 Å². The molecule has 0 atom stereocenters. The minimum absolute atomic E-state index is 0.0102. The van der Waals surface area contributed by atoms with Gasteiger partial charge >= 0.3 is 11.9 Å². The van der Waals surface area contributed by atoms with Crippen LogP contribution < -0.4 is 5.90 Å². The molecule has 1 aliphatic rings. The molecule has 0 aromatic rings. The number of esters is 1. The molecule has 0 aliphatic heterocycles. The highest BCUT2D eigenvalue weighted by Crippen LogP contribution is 2.35. The van der Waals surface area contributed by atoms with Gasteiger partial charge < -0.3 is 9.84 Å². The summed E-state index contributed by atoms with van der Waals surface area (Å²) in [6.45, 7) is 0.0935. The summed E-state index contributed by atoms with van der Waals surface area (Å²) in [7, 11) is 0. The first-order chi connectivity index (χ1) is 7.10. The molecule has 0 bridgehead atoms. The summed E-state index contributed by atoms with van der Waals surface area (Å²) >= 11 is 0. The van der Waals surface area contributed by atoms with Crippen LogP contribution >= 0.6 is 0 Å². The van der Waals surface area contributed by atoms with Crippen molar-refractivity contribution in [3.8, 4) is 0 Å². The Bertz CT molecular complexity index is 243. The summed E-state index contributed by atoms with van der Waals surface area (Å²) in [4.78, 5) is 26.3. The molecule has 1 aliphatic carbocycles. The van der Waals surface area contributed by atoms with Gasteiger partial charge in [-0.25, -0.2) is 10.7 Å². The van der Waals surface area contributed by atoms with E-state index in [2.05, 4.69) is 4.84 Å². The molecule has 1 fully saturated rings. The number of aliphatic carboxylic acids is 1. The van der Waals surface area contributed by atoms with Crippen LogP contribution in [0, 0.1) is 0 Å². The molecule has 15 heavy (non-hydrogen) atoms. The minimum Gasteiger partial charge on any atom is -0.481 e. The number of ether oxygens (including phenoxy) is 1. The Labute approximate surface area is 87.3 Å². The summed E-state index contributed by atoms with van der Waals surface area (Å²) < 4.78 is 4.88. The molecule has 1 saturated carbocycles. The van der Waals surface area contributed by atoms with Crippen LogP contribution in [-0.2, 0) is 19.2 Å². The number of carboxylic acid groups (broad SMARTS) is 1. The van der Waals surface area contributed by atoms with Crippen molar-refractivity contribution in [3.05, 3.63) is 0 Å². The number of hydrogen-bond donors (Lipinski definition) is 2. The van der Waals surface area contributed by atoms with Crippen LogP contribution in [0.25, 0.3) is 0 Å². The van der Waals surface area contributed by atoms with E-state index in [9.17, 15) is 9.59 Å². The highest BCUT2D eigenvalue weighted by molar-refractivity contribution is 5.80. The van der Waals surface area contributed by atoms with Gasteiger partial charge in [-0.05, 0) is 25.7 Å². The van der Waals surface area contributed by atoms with Crippen LogP contribution in [0.4, 0.5) is 0 Å². The van der Waals surface area contributed by atoms with E-state index in [0.29, 0.717) is 19.3 Å². The number of carbonyl (C=O) groups excluding carboxylic acids is 1. The topological polar surface area (TPSA) is 98.9 Å². The van der Waals surface area contributed by atoms with E-state index in [0.717, 1.165) is 6.42 Å². The maximum atomic E-state index is 11.4. The first-order valence-electron chi connectivity index (χ1n) is 4.88. The third-order valence-corrected chi connectivity index (χ3v) is 2.53. The third kappa shape index (κ3) is 2.90. The Morgan fingerprint density at radius 3 is 2.47 bits per heavy atom. The zero-order chi connectivity index (χ0) is 11.3. The summed E-state index contributed by atoms with van der Waals surface area (Å²) in [5, 5.41) is 8.36. The molecule has 6 nitrogen and oxygen atoms in total. The van der Waals surface area contributed by atoms with E-state index in [1.54, 1.807) is 0 Å². The fourth-order valence-electron chi connectivity index (χ4n) is 1.39. The maximum Gasteiger partial charge on any atom is 0.340 e. The Hall–Kier alpha value is -1.14. The van der Waals surface area contributed by atoms with E-state index < -0.39 is 17.5 Å². The molecule has 86 valence electrons. The molecule has 0 saturated heterocycles. The van der Waals surface area contributed by atoms with E-state index in [1.807, 2.05) is 0 Å². The van der Waals surface area contributed by atoms with Crippen LogP contribution in [0.3, 0.4) is 0 Å². The highest BCUT2D eigenvalue weighted by atomic mass is 16.7. The van der Waals surface area contributed by atoms with Crippen molar-refractivity contribution >= 4 is 11.9 Å². The van der Waals surface area contributed by atoms with Crippen LogP contribution in [-0.4, -0.2) is 29.3 Å². The standard InChI is InChI=1S/C9H15NO5/c10-15-9(4-2-5-9)8(13)14-6-1-3-7(11)12/h1-6,10H2,(H,11,12). The molecule has 3 N–H and O–H groups in total. The second kappa shape index (κ2) is 5.09. The van der Waals surface area contributed by atoms with E-state index in [-0.39, 0.29) is 13.0 Å². The monoisotopic (exact) mass is 217 g/mol. The largest absolute Gasteiger partial charge is 0.481 e. The number of nitrogens with two attached hydrogens (primary N) is 1. The molecule has 0 aromatic heterocycles. The van der Waals surface area contributed by atoms with Gasteiger partial charge in [0.25, 0.3) is 0 Å². The fourth-order valence-corrected chi connectivity index (χ4v) is 1.39. The second-order valence-corrected chi connectivity index (χ2v) is 3.60. The van der Waals surface area contributed by atoms with Crippen LogP contribution in [0.5, 0.6) is 0 Å². The van der Waals surface area contributed by atoms with Gasteiger partial charge in [0, 0.05) is 6.42 Å². The lowest BCUT2D eigenvalue weighted by Gasteiger charge is -2.36. The number of hydrogen-bond acceptors (Lipinski definition) is 5. The molecule has 0 amide bonds. The van der Waals surface area contributed by atoms with Gasteiger partial charge in [0.1, 0.15) is 0 Å². The number of rotatable bonds is 6. The molecule has 0 aromatic carbocycles. The quantitative estimate of drug-likeness (QED) is 0.375. The number of carbonyl (C=O) groups is 2. The van der Waals surface area contributed by atoms with Crippen molar-refractivity contribution in [2.24, 2.45) is 5.90 Å². The van der Waals surface area contributed by atoms with Crippen LogP contribution in [0.2, 0.25) is 0 Å². The van der Waals surface area contributed by atoms with E-state index >= 15 is 0 Å². The average molecular weight is 217 g/mol. The zero-order valence-electron chi connectivity index (χ0n) is 8.40. The molecule has 0 spiro atoms. The summed E-state index contributed by atoms with van der Waals surface area (Å²) in [6, 6.07) is 0. The van der Waals surface area contributed by atoms with Crippen molar-refractivity contribution in [2.45, 2.75) is 37.7 Å². The predicted molar refractivity (Wildman–Crippen MR) is 49.7 cm³/mol. The van der Waals surface area contributed by atoms with Gasteiger partial charge in [-0.2, -0.15) is 0 Å². The molecule has 6 heteroatoms. The lowest BCUT2D eigenvalue weighted by Crippen LogP contribution is -2.50. The van der Waals surface area contributed by atoms with Crippen molar-refractivity contribution in [1.82, 2.24) is 0 Å². The minimum atomic E-state index is -0.969. The SMILES string of the molecule is NOC1(C(=O)OCCCC(=O)O)CCC1. The van der Waals surface area contributed by atoms with Crippen LogP contribution in [0.1, 0.15) is 32.1 Å². The van der Waals surface area contributed by atoms with E-state index in [4.69, 9.17) is 15.7 Å². The first kappa shape index (κ1) is 11.9. The lowest BCUT2D eigenvalue weighted by atomic mass is 9.80. The molecule has 0 unspecified atom stereocenters. The maximum absolute atomic E-state index is 11.4. The smallest absolute Gasteiger partial charge is 0.340 e. The first-order valence-corrected chi connectivity index (χ1v) is 4.88. The highest BCUT2D eigenvalue weighted by Gasteiger charge is 2.47. The molecule has 0 heterocycles. The van der Waals surface area contributed by atoms with Crippen LogP contribution in [0.15, 0.2) is 0 Å². The Balaban J connectivity index is 2.21. The Morgan fingerprint density at radius 2 is 2.07 bits per heavy atom. The lowest BCUT2D eigenvalue weighted by molar-refractivity contribution is -0.186. The second-order valence-electron chi connectivity index (χ2n) is 3.60. The molecule has 0 radical (unpaired) electrons. The molecular formula is C9H15NO5. The summed E-state index contributed by atoms with van der Waals surface area (Å²) in [5.74, 6) is 3.64. The summed E-state index contributed by atoms with van der Waals surface area (Å²) in [6.07, 6.45) is 2.33. The number of carboxylic acids is 1. The zero-order valence-corrected chi connectivity index (χ0v) is 8.40. The van der Waals surface area contributed by atoms with Gasteiger partial charge in [-0.15, -0.1) is 0 Å². The van der Waals surface area contributed by atoms with Gasteiger partial charge in [0.2, 0.25) is 0 Å². The van der Waals surface area contributed by atoms with Crippen molar-refractivity contribution < 1.29 is 24.3 Å². The van der Waals surface area contributed by atoms with Crippen molar-refractivity contribution in [3.63, 3.8) is 0 Å². The normalized spacial score (nSPS) is 17.9. The molecular weight excluding hydrogens is 202 g/mol. The summed E-state index contributed by atoms with van der Waals surface area (Å²) in [5.41, 5.74) is -0.969. The average Bonchev–Trinajstić information content (AvgIpc) is 2.11. The third-order valence-electron chi connectivity index (χ3n) is 2.53. The Morgan fingerprint density at radius 1 is 1.40 bits per heavy atom. The van der Waals surface area contributed by atoms with Gasteiger partial charge in [-0.1, -0.05) is 0 Å². The van der Waals surface area contributed by atoms with Gasteiger partial charge in [0.05, 0.1) is 6.61 Å². The fraction of sp³-hybridized carbons (Fsp3) is 0.778. The molecule has 1 rings (SSSR count). The Kier molecular flexibility index (Phi) is 4.05. The van der Waals surface area contributed by atoms with Gasteiger partial charge in [0.15, 0.2) is 5.60 Å².